The number of rotatable bonds is 1. The van der Waals surface area contributed by atoms with Crippen molar-refractivity contribution < 1.29 is 9.18 Å². The van der Waals surface area contributed by atoms with Gasteiger partial charge in [-0.15, -0.1) is 0 Å². The van der Waals surface area contributed by atoms with Gasteiger partial charge in [-0.2, -0.15) is 0 Å². The zero-order valence-electron chi connectivity index (χ0n) is 7.79. The fraction of sp³-hybridized carbons (Fsp3) is 0.250. The van der Waals surface area contributed by atoms with Crippen LogP contribution in [0.3, 0.4) is 0 Å². The van der Waals surface area contributed by atoms with Crippen molar-refractivity contribution in [2.24, 2.45) is 0 Å². The van der Waals surface area contributed by atoms with E-state index in [2.05, 4.69) is 0 Å². The molecule has 0 atom stereocenters. The molecule has 0 amide bonds. The first-order valence-corrected chi connectivity index (χ1v) is 4.73. The van der Waals surface area contributed by atoms with Gasteiger partial charge in [0.15, 0.2) is 0 Å². The van der Waals surface area contributed by atoms with Crippen molar-refractivity contribution in [3.8, 4) is 0 Å². The largest absolute Gasteiger partial charge is 0.299 e. The van der Waals surface area contributed by atoms with E-state index in [1.807, 2.05) is 12.1 Å². The number of halogens is 1. The van der Waals surface area contributed by atoms with E-state index in [4.69, 9.17) is 0 Å². The molecule has 0 saturated carbocycles. The first kappa shape index (κ1) is 9.13. The zero-order valence-corrected chi connectivity index (χ0v) is 7.79. The highest BCUT2D eigenvalue weighted by atomic mass is 19.1. The van der Waals surface area contributed by atoms with Gasteiger partial charge in [0.1, 0.15) is 11.6 Å². The number of ketones is 1. The Labute approximate surface area is 82.3 Å². The van der Waals surface area contributed by atoms with Crippen molar-refractivity contribution in [3.05, 3.63) is 41.7 Å². The smallest absolute Gasteiger partial charge is 0.137 e. The van der Waals surface area contributed by atoms with Crippen molar-refractivity contribution in [3.63, 3.8) is 0 Å². The predicted molar refractivity (Wildman–Crippen MR) is 53.2 cm³/mol. The molecule has 0 unspecified atom stereocenters. The number of hydrogen-bond donors (Lipinski definition) is 0. The van der Waals surface area contributed by atoms with Crippen LogP contribution >= 0.6 is 0 Å². The Morgan fingerprint density at radius 2 is 1.93 bits per heavy atom. The Morgan fingerprint density at radius 3 is 2.57 bits per heavy atom. The van der Waals surface area contributed by atoms with E-state index in [0.717, 1.165) is 5.57 Å². The molecule has 0 radical (unpaired) electrons. The Bertz CT molecular complexity index is 393. The van der Waals surface area contributed by atoms with Crippen LogP contribution in [0.25, 0.3) is 5.57 Å². The van der Waals surface area contributed by atoms with Gasteiger partial charge in [-0.05, 0) is 18.1 Å². The van der Waals surface area contributed by atoms with Crippen molar-refractivity contribution >= 4 is 11.4 Å². The molecule has 72 valence electrons. The summed E-state index contributed by atoms with van der Waals surface area (Å²) >= 11 is 0. The second kappa shape index (κ2) is 3.74. The molecule has 2 rings (SSSR count). The minimum absolute atomic E-state index is 0.201. The van der Waals surface area contributed by atoms with Gasteiger partial charge in [0.05, 0.1) is 0 Å². The second-order valence-corrected chi connectivity index (χ2v) is 3.45. The molecule has 0 bridgehead atoms. The van der Waals surface area contributed by atoms with E-state index in [1.165, 1.54) is 6.07 Å². The lowest BCUT2D eigenvalue weighted by molar-refractivity contribution is -0.118. The van der Waals surface area contributed by atoms with Crippen molar-refractivity contribution in [1.82, 2.24) is 0 Å². The summed E-state index contributed by atoms with van der Waals surface area (Å²) in [5.41, 5.74) is 1.60. The SMILES string of the molecule is O=C1CC=C(c2ccccc2F)CC1. The summed E-state index contributed by atoms with van der Waals surface area (Å²) in [6, 6.07) is 6.70. The maximum absolute atomic E-state index is 13.3. The Morgan fingerprint density at radius 1 is 1.14 bits per heavy atom. The summed E-state index contributed by atoms with van der Waals surface area (Å²) in [6.45, 7) is 0. The van der Waals surface area contributed by atoms with Gasteiger partial charge in [0, 0.05) is 18.4 Å². The molecule has 1 aliphatic carbocycles. The maximum Gasteiger partial charge on any atom is 0.137 e. The molecule has 0 N–H and O–H groups in total. The van der Waals surface area contributed by atoms with Crippen molar-refractivity contribution in [2.45, 2.75) is 19.3 Å². The number of benzene rings is 1. The molecule has 1 nitrogen and oxygen atoms in total. The van der Waals surface area contributed by atoms with Gasteiger partial charge in [-0.3, -0.25) is 4.79 Å². The topological polar surface area (TPSA) is 17.1 Å². The van der Waals surface area contributed by atoms with Crippen LogP contribution in [-0.4, -0.2) is 5.78 Å². The van der Waals surface area contributed by atoms with Crippen LogP contribution in [0.15, 0.2) is 30.3 Å². The Kier molecular flexibility index (Phi) is 2.44. The highest BCUT2D eigenvalue weighted by Crippen LogP contribution is 2.26. The average molecular weight is 190 g/mol. The van der Waals surface area contributed by atoms with Crippen LogP contribution in [-0.2, 0) is 4.79 Å². The molecular formula is C12H11FO. The van der Waals surface area contributed by atoms with Gasteiger partial charge >= 0.3 is 0 Å². The molecule has 14 heavy (non-hydrogen) atoms. The van der Waals surface area contributed by atoms with E-state index in [9.17, 15) is 9.18 Å². The number of allylic oxidation sites excluding steroid dienone is 2. The third-order valence-electron chi connectivity index (χ3n) is 2.47. The highest BCUT2D eigenvalue weighted by Gasteiger charge is 2.13. The quantitative estimate of drug-likeness (QED) is 0.665. The van der Waals surface area contributed by atoms with Crippen LogP contribution in [0.4, 0.5) is 4.39 Å². The van der Waals surface area contributed by atoms with E-state index < -0.39 is 0 Å². The second-order valence-electron chi connectivity index (χ2n) is 3.45. The number of Topliss-reactive ketones (excluding diaryl/α,β-unsaturated/α-hetero) is 1. The summed E-state index contributed by atoms with van der Waals surface area (Å²) in [4.78, 5) is 11.0. The number of hydrogen-bond acceptors (Lipinski definition) is 1. The maximum atomic E-state index is 13.3. The highest BCUT2D eigenvalue weighted by molar-refractivity contribution is 5.86. The van der Waals surface area contributed by atoms with E-state index in [0.29, 0.717) is 24.8 Å². The standard InChI is InChI=1S/C12H11FO/c13-12-4-2-1-3-11(12)9-5-7-10(14)8-6-9/h1-5H,6-8H2. The predicted octanol–water partition coefficient (Wildman–Crippen LogP) is 2.96. The minimum atomic E-state index is -0.201. The van der Waals surface area contributed by atoms with Gasteiger partial charge in [0.2, 0.25) is 0 Å². The summed E-state index contributed by atoms with van der Waals surface area (Å²) in [5.74, 6) is 0.0400. The third-order valence-corrected chi connectivity index (χ3v) is 2.47. The van der Waals surface area contributed by atoms with Crippen molar-refractivity contribution in [2.75, 3.05) is 0 Å². The Balaban J connectivity index is 2.32. The molecule has 0 aliphatic heterocycles. The molecule has 0 heterocycles. The number of carbonyl (C=O) groups excluding carboxylic acids is 1. The fourth-order valence-electron chi connectivity index (χ4n) is 1.68. The molecular weight excluding hydrogens is 179 g/mol. The van der Waals surface area contributed by atoms with Gasteiger partial charge in [-0.25, -0.2) is 4.39 Å². The normalized spacial score (nSPS) is 16.6. The molecule has 0 spiro atoms. The van der Waals surface area contributed by atoms with Gasteiger partial charge in [-0.1, -0.05) is 24.3 Å². The fourth-order valence-corrected chi connectivity index (χ4v) is 1.68. The zero-order chi connectivity index (χ0) is 9.97. The minimum Gasteiger partial charge on any atom is -0.299 e. The molecule has 0 aromatic heterocycles. The molecule has 0 fully saturated rings. The van der Waals surface area contributed by atoms with E-state index >= 15 is 0 Å². The first-order chi connectivity index (χ1) is 6.77. The first-order valence-electron chi connectivity index (χ1n) is 4.73. The molecule has 2 heteroatoms. The van der Waals surface area contributed by atoms with Crippen LogP contribution in [0.5, 0.6) is 0 Å². The van der Waals surface area contributed by atoms with Crippen LogP contribution < -0.4 is 0 Å². The van der Waals surface area contributed by atoms with E-state index in [1.54, 1.807) is 12.1 Å². The lowest BCUT2D eigenvalue weighted by Crippen LogP contribution is -2.03. The molecule has 0 saturated heterocycles. The molecule has 1 aliphatic rings. The van der Waals surface area contributed by atoms with Gasteiger partial charge < -0.3 is 0 Å². The summed E-state index contributed by atoms with van der Waals surface area (Å²) < 4.78 is 13.3. The third kappa shape index (κ3) is 1.74. The summed E-state index contributed by atoms with van der Waals surface area (Å²) in [6.07, 6.45) is 3.49. The molecule has 1 aromatic rings. The van der Waals surface area contributed by atoms with E-state index in [-0.39, 0.29) is 11.6 Å². The van der Waals surface area contributed by atoms with Gasteiger partial charge in [0.25, 0.3) is 0 Å². The summed E-state index contributed by atoms with van der Waals surface area (Å²) in [7, 11) is 0. The lowest BCUT2D eigenvalue weighted by Gasteiger charge is -2.12. The van der Waals surface area contributed by atoms with Crippen LogP contribution in [0.1, 0.15) is 24.8 Å². The lowest BCUT2D eigenvalue weighted by atomic mass is 9.93. The summed E-state index contributed by atoms with van der Waals surface area (Å²) in [5, 5.41) is 0. The number of carbonyl (C=O) groups is 1. The molecule has 1 aromatic carbocycles. The average Bonchev–Trinajstić information content (AvgIpc) is 2.20. The Hall–Kier alpha value is -1.44. The van der Waals surface area contributed by atoms with Crippen LogP contribution in [0, 0.1) is 5.82 Å². The monoisotopic (exact) mass is 190 g/mol. The van der Waals surface area contributed by atoms with Crippen molar-refractivity contribution in [1.29, 1.82) is 0 Å². The van der Waals surface area contributed by atoms with Crippen LogP contribution in [0.2, 0.25) is 0 Å².